The van der Waals surface area contributed by atoms with E-state index in [1.54, 1.807) is 24.5 Å². The number of aromatic nitrogens is 1. The number of aliphatic hydroxyl groups is 1. The van der Waals surface area contributed by atoms with Crippen LogP contribution in [-0.2, 0) is 29.1 Å². The SMILES string of the molecule is O=C1C(=O)N(CCCN2CCOCC2)C(c2cccnc2)/C1=C(/O)c1ccc(S(=O)(=O)N2CCOCC2)cc1. The lowest BCUT2D eigenvalue weighted by Gasteiger charge is -2.29. The summed E-state index contributed by atoms with van der Waals surface area (Å²) >= 11 is 0. The molecule has 0 spiro atoms. The molecule has 11 nitrogen and oxygen atoms in total. The van der Waals surface area contributed by atoms with Gasteiger partial charge in [0.1, 0.15) is 5.76 Å². The number of morpholine rings is 2. The van der Waals surface area contributed by atoms with Gasteiger partial charge in [0.2, 0.25) is 10.0 Å². The number of hydrogen-bond acceptors (Lipinski definition) is 9. The van der Waals surface area contributed by atoms with Crippen molar-refractivity contribution in [2.24, 2.45) is 0 Å². The molecule has 0 radical (unpaired) electrons. The largest absolute Gasteiger partial charge is 0.507 e. The van der Waals surface area contributed by atoms with Crippen LogP contribution < -0.4 is 0 Å². The molecule has 5 rings (SSSR count). The van der Waals surface area contributed by atoms with E-state index >= 15 is 0 Å². The van der Waals surface area contributed by atoms with E-state index in [-0.39, 0.29) is 34.9 Å². The highest BCUT2D eigenvalue weighted by Crippen LogP contribution is 2.39. The summed E-state index contributed by atoms with van der Waals surface area (Å²) in [7, 11) is -3.72. The maximum atomic E-state index is 13.2. The van der Waals surface area contributed by atoms with Crippen molar-refractivity contribution in [2.45, 2.75) is 17.4 Å². The van der Waals surface area contributed by atoms with Crippen molar-refractivity contribution >= 4 is 27.5 Å². The highest BCUT2D eigenvalue weighted by Gasteiger charge is 2.46. The fourth-order valence-electron chi connectivity index (χ4n) is 5.16. The summed E-state index contributed by atoms with van der Waals surface area (Å²) in [6.45, 7) is 5.27. The maximum absolute atomic E-state index is 13.2. The van der Waals surface area contributed by atoms with Gasteiger partial charge < -0.3 is 19.5 Å². The first-order chi connectivity index (χ1) is 18.9. The molecule has 208 valence electrons. The van der Waals surface area contributed by atoms with Crippen molar-refractivity contribution < 1.29 is 32.6 Å². The lowest BCUT2D eigenvalue weighted by Crippen LogP contribution is -2.40. The Morgan fingerprint density at radius 1 is 0.949 bits per heavy atom. The Balaban J connectivity index is 1.42. The van der Waals surface area contributed by atoms with Gasteiger partial charge in [-0.05, 0) is 42.3 Å². The Hall–Kier alpha value is -3.16. The van der Waals surface area contributed by atoms with Gasteiger partial charge in [-0.25, -0.2) is 8.42 Å². The second-order valence-corrected chi connectivity index (χ2v) is 11.6. The van der Waals surface area contributed by atoms with Crippen LogP contribution in [-0.4, -0.2) is 110 Å². The number of pyridine rings is 1. The predicted octanol–water partition coefficient (Wildman–Crippen LogP) is 1.25. The molecule has 1 atom stereocenters. The molecule has 3 aliphatic rings. The molecular weight excluding hydrogens is 524 g/mol. The number of benzene rings is 1. The first kappa shape index (κ1) is 27.4. The van der Waals surface area contributed by atoms with Gasteiger partial charge in [0, 0.05) is 57.2 Å². The number of carbonyl (C=O) groups excluding carboxylic acids is 2. The molecule has 12 heteroatoms. The normalized spacial score (nSPS) is 22.9. The van der Waals surface area contributed by atoms with Crippen LogP contribution in [0.2, 0.25) is 0 Å². The van der Waals surface area contributed by atoms with Crippen LogP contribution in [0.4, 0.5) is 0 Å². The monoisotopic (exact) mass is 556 g/mol. The van der Waals surface area contributed by atoms with E-state index < -0.39 is 27.8 Å². The summed E-state index contributed by atoms with van der Waals surface area (Å²) in [6, 6.07) is 8.39. The van der Waals surface area contributed by atoms with Gasteiger partial charge >= 0.3 is 0 Å². The summed E-state index contributed by atoms with van der Waals surface area (Å²) in [5.74, 6) is -1.81. The minimum absolute atomic E-state index is 0.0387. The zero-order valence-corrected chi connectivity index (χ0v) is 22.4. The van der Waals surface area contributed by atoms with Gasteiger partial charge in [0.05, 0.1) is 42.9 Å². The van der Waals surface area contributed by atoms with E-state index in [2.05, 4.69) is 9.88 Å². The van der Waals surface area contributed by atoms with Crippen LogP contribution in [0.25, 0.3) is 5.76 Å². The van der Waals surface area contributed by atoms with E-state index in [4.69, 9.17) is 9.47 Å². The number of sulfonamides is 1. The molecule has 1 aromatic carbocycles. The number of ether oxygens (including phenoxy) is 2. The van der Waals surface area contributed by atoms with Crippen LogP contribution in [0.5, 0.6) is 0 Å². The van der Waals surface area contributed by atoms with Crippen molar-refractivity contribution in [2.75, 3.05) is 65.7 Å². The predicted molar refractivity (Wildman–Crippen MR) is 141 cm³/mol. The number of rotatable bonds is 8. The Bertz CT molecular complexity index is 1320. The van der Waals surface area contributed by atoms with Gasteiger partial charge in [0.15, 0.2) is 0 Å². The molecule has 3 aliphatic heterocycles. The number of nitrogens with zero attached hydrogens (tertiary/aromatic N) is 4. The van der Waals surface area contributed by atoms with Gasteiger partial charge in [0.25, 0.3) is 11.7 Å². The third-order valence-electron chi connectivity index (χ3n) is 7.25. The topological polar surface area (TPSA) is 130 Å². The molecular formula is C27H32N4O7S. The van der Waals surface area contributed by atoms with Crippen LogP contribution in [0.1, 0.15) is 23.6 Å². The van der Waals surface area contributed by atoms with Gasteiger partial charge in [-0.15, -0.1) is 0 Å². The molecule has 1 amide bonds. The third kappa shape index (κ3) is 5.75. The zero-order chi connectivity index (χ0) is 27.4. The Morgan fingerprint density at radius 3 is 2.26 bits per heavy atom. The second-order valence-electron chi connectivity index (χ2n) is 9.63. The quantitative estimate of drug-likeness (QED) is 0.290. The summed E-state index contributed by atoms with van der Waals surface area (Å²) in [6.07, 6.45) is 3.83. The molecule has 2 aromatic rings. The molecule has 3 saturated heterocycles. The number of ketones is 1. The minimum Gasteiger partial charge on any atom is -0.507 e. The van der Waals surface area contributed by atoms with Crippen LogP contribution in [0.15, 0.2) is 59.3 Å². The molecule has 0 saturated carbocycles. The molecule has 1 unspecified atom stereocenters. The molecule has 0 bridgehead atoms. The van der Waals surface area contributed by atoms with Gasteiger partial charge in [-0.2, -0.15) is 4.31 Å². The summed E-state index contributed by atoms with van der Waals surface area (Å²) < 4.78 is 38.0. The van der Waals surface area contributed by atoms with Crippen LogP contribution in [0, 0.1) is 0 Å². The smallest absolute Gasteiger partial charge is 0.295 e. The molecule has 4 heterocycles. The summed E-state index contributed by atoms with van der Waals surface area (Å²) in [5.41, 5.74) is 0.815. The van der Waals surface area contributed by atoms with E-state index in [0.717, 1.165) is 19.6 Å². The number of hydrogen-bond donors (Lipinski definition) is 1. The molecule has 39 heavy (non-hydrogen) atoms. The van der Waals surface area contributed by atoms with Crippen molar-refractivity contribution in [3.63, 3.8) is 0 Å². The number of likely N-dealkylation sites (tertiary alicyclic amines) is 1. The lowest BCUT2D eigenvalue weighted by molar-refractivity contribution is -0.140. The summed E-state index contributed by atoms with van der Waals surface area (Å²) in [4.78, 5) is 34.4. The second kappa shape index (κ2) is 11.9. The third-order valence-corrected chi connectivity index (χ3v) is 9.17. The van der Waals surface area contributed by atoms with Crippen LogP contribution >= 0.6 is 0 Å². The van der Waals surface area contributed by atoms with Gasteiger partial charge in [-0.1, -0.05) is 6.07 Å². The Morgan fingerprint density at radius 2 is 1.62 bits per heavy atom. The summed E-state index contributed by atoms with van der Waals surface area (Å²) in [5, 5.41) is 11.3. The Kier molecular flexibility index (Phi) is 8.38. The maximum Gasteiger partial charge on any atom is 0.295 e. The Labute approximate surface area is 227 Å². The molecule has 0 aliphatic carbocycles. The highest BCUT2D eigenvalue weighted by atomic mass is 32.2. The average molecular weight is 557 g/mol. The highest BCUT2D eigenvalue weighted by molar-refractivity contribution is 7.89. The van der Waals surface area contributed by atoms with Crippen molar-refractivity contribution in [3.8, 4) is 0 Å². The minimum atomic E-state index is -3.72. The first-order valence-corrected chi connectivity index (χ1v) is 14.5. The molecule has 3 fully saturated rings. The number of amides is 1. The molecule has 1 aromatic heterocycles. The number of aliphatic hydroxyl groups excluding tert-OH is 1. The fraction of sp³-hybridized carbons (Fsp3) is 0.444. The lowest BCUT2D eigenvalue weighted by atomic mass is 9.96. The van der Waals surface area contributed by atoms with Crippen molar-refractivity contribution in [1.29, 1.82) is 0 Å². The van der Waals surface area contributed by atoms with E-state index in [9.17, 15) is 23.1 Å². The van der Waals surface area contributed by atoms with E-state index in [1.165, 1.54) is 33.5 Å². The molecule has 1 N–H and O–H groups in total. The van der Waals surface area contributed by atoms with Crippen LogP contribution in [0.3, 0.4) is 0 Å². The number of carbonyl (C=O) groups is 2. The number of Topliss-reactive ketones (excluding diaryl/α,β-unsaturated/α-hetero) is 1. The first-order valence-electron chi connectivity index (χ1n) is 13.0. The van der Waals surface area contributed by atoms with E-state index in [1.807, 2.05) is 0 Å². The fourth-order valence-corrected chi connectivity index (χ4v) is 6.57. The van der Waals surface area contributed by atoms with Crippen molar-refractivity contribution in [1.82, 2.24) is 19.1 Å². The van der Waals surface area contributed by atoms with Gasteiger partial charge in [-0.3, -0.25) is 19.5 Å². The zero-order valence-electron chi connectivity index (χ0n) is 21.6. The average Bonchev–Trinajstić information content (AvgIpc) is 3.23. The standard InChI is InChI=1S/C27H32N4O7S/c32-25(20-4-6-22(7-5-20)39(35,36)30-13-17-38-18-14-30)23-24(21-3-1-8-28-19-21)31(27(34)26(23)33)10-2-9-29-11-15-37-16-12-29/h1,3-8,19,24,32H,2,9-18H2/b25-23-. The van der Waals surface area contributed by atoms with E-state index in [0.29, 0.717) is 45.0 Å². The van der Waals surface area contributed by atoms with Crippen molar-refractivity contribution in [3.05, 3.63) is 65.5 Å².